The molecule has 2 aliphatic heterocycles. The van der Waals surface area contributed by atoms with Gasteiger partial charge in [-0.05, 0) is 19.3 Å². The number of carbonyl (C=O) groups excluding carboxylic acids is 1. The molecule has 0 aliphatic carbocycles. The summed E-state index contributed by atoms with van der Waals surface area (Å²) in [6.07, 6.45) is 4.90. The lowest BCUT2D eigenvalue weighted by Gasteiger charge is -2.25. The van der Waals surface area contributed by atoms with Crippen molar-refractivity contribution in [2.45, 2.75) is 19.3 Å². The maximum atomic E-state index is 12.0. The molecule has 22 heavy (non-hydrogen) atoms. The fraction of sp³-hybridized carbons (Fsp3) is 0.429. The van der Waals surface area contributed by atoms with Gasteiger partial charge < -0.3 is 9.32 Å². The third-order valence-corrected chi connectivity index (χ3v) is 5.10. The second kappa shape index (κ2) is 6.10. The quantitative estimate of drug-likeness (QED) is 0.607. The van der Waals surface area contributed by atoms with Gasteiger partial charge in [-0.1, -0.05) is 24.0 Å². The molecule has 6 nitrogen and oxygen atoms in total. The molecular weight excluding hydrogens is 320 g/mol. The number of hydrogen-bond donors (Lipinski definition) is 0. The highest BCUT2D eigenvalue weighted by Gasteiger charge is 2.30. The van der Waals surface area contributed by atoms with Crippen LogP contribution in [-0.2, 0) is 4.79 Å². The van der Waals surface area contributed by atoms with E-state index in [1.54, 1.807) is 13.1 Å². The molecule has 0 spiro atoms. The van der Waals surface area contributed by atoms with Crippen LogP contribution in [-0.4, -0.2) is 40.2 Å². The van der Waals surface area contributed by atoms with Gasteiger partial charge >= 0.3 is 0 Å². The average molecular weight is 334 g/mol. The minimum Gasteiger partial charge on any atom is -0.420 e. The van der Waals surface area contributed by atoms with Crippen molar-refractivity contribution >= 4 is 46.2 Å². The lowest BCUT2D eigenvalue weighted by Crippen LogP contribution is -2.29. The average Bonchev–Trinajstić information content (AvgIpc) is 3.05. The van der Waals surface area contributed by atoms with E-state index in [0.29, 0.717) is 15.1 Å². The maximum Gasteiger partial charge on any atom is 0.266 e. The number of thiocarbonyl (C=S) groups is 1. The first-order valence-corrected chi connectivity index (χ1v) is 8.20. The van der Waals surface area contributed by atoms with Crippen LogP contribution >= 0.6 is 24.0 Å². The highest BCUT2D eigenvalue weighted by Crippen LogP contribution is 2.32. The summed E-state index contributed by atoms with van der Waals surface area (Å²) in [5, 5.41) is 9.24. The third kappa shape index (κ3) is 2.74. The molecule has 1 aromatic heterocycles. The van der Waals surface area contributed by atoms with Crippen LogP contribution in [0.2, 0.25) is 0 Å². The number of oxazole rings is 1. The van der Waals surface area contributed by atoms with Crippen molar-refractivity contribution in [2.24, 2.45) is 0 Å². The second-order valence-corrected chi connectivity index (χ2v) is 6.78. The number of piperidine rings is 1. The Morgan fingerprint density at radius 3 is 2.73 bits per heavy atom. The first-order chi connectivity index (χ1) is 10.6. The lowest BCUT2D eigenvalue weighted by atomic mass is 10.1. The monoisotopic (exact) mass is 334 g/mol. The molecule has 0 unspecified atom stereocenters. The Hall–Kier alpha value is -1.85. The van der Waals surface area contributed by atoms with E-state index in [1.807, 2.05) is 4.90 Å². The van der Waals surface area contributed by atoms with Crippen molar-refractivity contribution in [1.29, 1.82) is 5.26 Å². The molecule has 0 bridgehead atoms. The molecule has 0 saturated carbocycles. The van der Waals surface area contributed by atoms with E-state index < -0.39 is 0 Å². The van der Waals surface area contributed by atoms with Crippen LogP contribution in [0.15, 0.2) is 9.32 Å². The smallest absolute Gasteiger partial charge is 0.266 e. The Morgan fingerprint density at radius 1 is 1.41 bits per heavy atom. The molecule has 0 radical (unpaired) electrons. The number of hydrogen-bond acceptors (Lipinski definition) is 7. The van der Waals surface area contributed by atoms with Gasteiger partial charge in [0.2, 0.25) is 17.5 Å². The first-order valence-electron chi connectivity index (χ1n) is 6.97. The predicted molar refractivity (Wildman–Crippen MR) is 88.2 cm³/mol. The van der Waals surface area contributed by atoms with E-state index in [1.165, 1.54) is 23.1 Å². The Kier molecular flexibility index (Phi) is 4.18. The van der Waals surface area contributed by atoms with Gasteiger partial charge in [0.25, 0.3) is 5.91 Å². The lowest BCUT2D eigenvalue weighted by molar-refractivity contribution is -0.121. The van der Waals surface area contributed by atoms with Crippen LogP contribution in [0.5, 0.6) is 0 Å². The summed E-state index contributed by atoms with van der Waals surface area (Å²) in [6, 6.07) is 2.06. The van der Waals surface area contributed by atoms with Gasteiger partial charge in [0.15, 0.2) is 0 Å². The van der Waals surface area contributed by atoms with Crippen LogP contribution in [0, 0.1) is 11.3 Å². The zero-order chi connectivity index (χ0) is 15.7. The van der Waals surface area contributed by atoms with E-state index in [2.05, 4.69) is 11.1 Å². The van der Waals surface area contributed by atoms with Crippen LogP contribution in [0.25, 0.3) is 6.08 Å². The summed E-state index contributed by atoms with van der Waals surface area (Å²) < 4.78 is 6.21. The topological polar surface area (TPSA) is 73.4 Å². The molecule has 2 fully saturated rings. The van der Waals surface area contributed by atoms with Gasteiger partial charge in [-0.2, -0.15) is 10.2 Å². The van der Waals surface area contributed by atoms with E-state index in [4.69, 9.17) is 16.6 Å². The van der Waals surface area contributed by atoms with Gasteiger partial charge in [-0.25, -0.2) is 0 Å². The molecule has 114 valence electrons. The van der Waals surface area contributed by atoms with Crippen LogP contribution in [0.4, 0.5) is 5.88 Å². The van der Waals surface area contributed by atoms with Crippen molar-refractivity contribution in [3.8, 4) is 6.07 Å². The van der Waals surface area contributed by atoms with E-state index in [9.17, 15) is 10.1 Å². The molecule has 2 saturated heterocycles. The summed E-state index contributed by atoms with van der Waals surface area (Å²) in [6.45, 7) is 1.72. The highest BCUT2D eigenvalue weighted by atomic mass is 32.2. The number of amides is 1. The number of nitriles is 1. The molecule has 0 aromatic carbocycles. The van der Waals surface area contributed by atoms with E-state index in [-0.39, 0.29) is 17.5 Å². The zero-order valence-electron chi connectivity index (χ0n) is 12.0. The van der Waals surface area contributed by atoms with Gasteiger partial charge in [-0.3, -0.25) is 9.69 Å². The summed E-state index contributed by atoms with van der Waals surface area (Å²) in [5.74, 6) is 0.595. The van der Waals surface area contributed by atoms with Gasteiger partial charge in [0.1, 0.15) is 10.4 Å². The fourth-order valence-corrected chi connectivity index (χ4v) is 3.58. The molecule has 1 aromatic rings. The molecular formula is C14H14N4O2S2. The molecule has 2 aliphatic rings. The fourth-order valence-electron chi connectivity index (χ4n) is 2.43. The number of carbonyl (C=O) groups is 1. The SMILES string of the molecule is CN1C(=O)/C(=C\c2nc(C#N)c(N3CCCCC3)o2)SC1=S. The van der Waals surface area contributed by atoms with Crippen molar-refractivity contribution in [3.05, 3.63) is 16.5 Å². The summed E-state index contributed by atoms with van der Waals surface area (Å²) in [5.41, 5.74) is 0.264. The maximum absolute atomic E-state index is 12.0. The normalized spacial score (nSPS) is 20.8. The molecule has 1 amide bonds. The minimum absolute atomic E-state index is 0.175. The summed E-state index contributed by atoms with van der Waals surface area (Å²) >= 11 is 6.29. The molecule has 3 rings (SSSR count). The molecule has 0 atom stereocenters. The molecule has 0 N–H and O–H groups in total. The van der Waals surface area contributed by atoms with E-state index in [0.717, 1.165) is 25.9 Å². The molecule has 3 heterocycles. The first kappa shape index (κ1) is 15.1. The summed E-state index contributed by atoms with van der Waals surface area (Å²) in [7, 11) is 1.63. The number of anilines is 1. The predicted octanol–water partition coefficient (Wildman–Crippen LogP) is 2.37. The third-order valence-electron chi connectivity index (χ3n) is 3.62. The summed E-state index contributed by atoms with van der Waals surface area (Å²) in [4.78, 5) is 20.1. The van der Waals surface area contributed by atoms with E-state index >= 15 is 0 Å². The van der Waals surface area contributed by atoms with Gasteiger partial charge in [0.05, 0.1) is 4.91 Å². The van der Waals surface area contributed by atoms with Crippen molar-refractivity contribution in [3.63, 3.8) is 0 Å². The Bertz CT molecular complexity index is 698. The van der Waals surface area contributed by atoms with Crippen LogP contribution in [0.3, 0.4) is 0 Å². The van der Waals surface area contributed by atoms with Crippen LogP contribution in [0.1, 0.15) is 30.8 Å². The number of thioether (sulfide) groups is 1. The number of likely N-dealkylation sites (N-methyl/N-ethyl adjacent to an activating group) is 1. The second-order valence-electron chi connectivity index (χ2n) is 5.11. The standard InChI is InChI=1S/C14H14N4O2S2/c1-17-12(19)10(22-14(17)21)7-11-16-9(8-15)13(20-11)18-5-3-2-4-6-18/h7H,2-6H2,1H3/b10-7+. The number of rotatable bonds is 2. The molecule has 8 heteroatoms. The largest absolute Gasteiger partial charge is 0.420 e. The van der Waals surface area contributed by atoms with Crippen molar-refractivity contribution in [2.75, 3.05) is 25.0 Å². The number of nitrogens with zero attached hydrogens (tertiary/aromatic N) is 4. The highest BCUT2D eigenvalue weighted by molar-refractivity contribution is 8.26. The van der Waals surface area contributed by atoms with Crippen LogP contribution < -0.4 is 4.90 Å². The Morgan fingerprint density at radius 2 is 2.14 bits per heavy atom. The minimum atomic E-state index is -0.175. The van der Waals surface area contributed by atoms with Crippen molar-refractivity contribution < 1.29 is 9.21 Å². The zero-order valence-corrected chi connectivity index (χ0v) is 13.7. The van der Waals surface area contributed by atoms with Crippen molar-refractivity contribution in [1.82, 2.24) is 9.88 Å². The number of aromatic nitrogens is 1. The Labute approximate surface area is 137 Å². The van der Waals surface area contributed by atoms with Gasteiger partial charge in [0, 0.05) is 26.2 Å². The Balaban J connectivity index is 1.90. The van der Waals surface area contributed by atoms with Gasteiger partial charge in [-0.15, -0.1) is 0 Å².